The van der Waals surface area contributed by atoms with Crippen LogP contribution in [0, 0.1) is 0 Å². The number of hydrogen-bond acceptors (Lipinski definition) is 3. The zero-order valence-electron chi connectivity index (χ0n) is 31.5. The van der Waals surface area contributed by atoms with E-state index in [1.54, 1.807) is 0 Å². The Balaban J connectivity index is 1.12. The van der Waals surface area contributed by atoms with E-state index >= 15 is 0 Å². The molecule has 2 aliphatic rings. The van der Waals surface area contributed by atoms with Gasteiger partial charge >= 0.3 is 0 Å². The second-order valence-electron chi connectivity index (χ2n) is 15.2. The van der Waals surface area contributed by atoms with Gasteiger partial charge in [-0.3, -0.25) is 0 Å². The molecule has 0 fully saturated rings. The molecule has 2 heterocycles. The summed E-state index contributed by atoms with van der Waals surface area (Å²) in [6.07, 6.45) is 0. The first-order valence-corrected chi connectivity index (χ1v) is 19.8. The number of benzene rings is 9. The van der Waals surface area contributed by atoms with Gasteiger partial charge in [-0.25, -0.2) is 0 Å². The Bertz CT molecular complexity index is 3160. The van der Waals surface area contributed by atoms with Crippen molar-refractivity contribution < 1.29 is 9.15 Å². The van der Waals surface area contributed by atoms with Crippen LogP contribution in [0.15, 0.2) is 217 Å². The zero-order chi connectivity index (χ0) is 38.2. The van der Waals surface area contributed by atoms with Gasteiger partial charge in [-0.15, -0.1) is 0 Å². The maximum Gasteiger partial charge on any atom is 0.178 e. The van der Waals surface area contributed by atoms with E-state index in [1.165, 1.54) is 33.4 Å². The van der Waals surface area contributed by atoms with Crippen molar-refractivity contribution in [2.75, 3.05) is 4.90 Å². The van der Waals surface area contributed by atoms with Crippen molar-refractivity contribution in [2.45, 2.75) is 5.41 Å². The van der Waals surface area contributed by atoms with Crippen molar-refractivity contribution in [3.8, 4) is 44.9 Å². The Morgan fingerprint density at radius 1 is 0.362 bits per heavy atom. The third-order valence-electron chi connectivity index (χ3n) is 12.1. The summed E-state index contributed by atoms with van der Waals surface area (Å²) in [4.78, 5) is 2.30. The quantitative estimate of drug-likeness (QED) is 0.176. The van der Waals surface area contributed by atoms with Crippen LogP contribution in [0.25, 0.3) is 55.3 Å². The van der Waals surface area contributed by atoms with Crippen molar-refractivity contribution in [3.05, 3.63) is 235 Å². The zero-order valence-corrected chi connectivity index (χ0v) is 31.5. The summed E-state index contributed by atoms with van der Waals surface area (Å²) in [5, 5.41) is 2.05. The number of ether oxygens (including phenoxy) is 1. The number of nitrogens with zero attached hydrogens (tertiary/aromatic N) is 1. The Labute approximate surface area is 336 Å². The standard InChI is InChI=1S/C55H35NO2/c1-4-16-36(17-5-1)38-20-14-23-41(34-38)56(40-21-8-3-9-22-40)50-29-15-26-44-45-31-32-48-54(53(45)58-52(44)50)57-51-33-30-39(37-18-6-2-7-19-37)35-49(51)55(48)46-27-12-10-24-42(46)43-25-11-13-28-47(43)55/h1-35H. The molecular weight excluding hydrogens is 707 g/mol. The highest BCUT2D eigenvalue weighted by molar-refractivity contribution is 6.12. The lowest BCUT2D eigenvalue weighted by molar-refractivity contribution is 0.433. The maximum absolute atomic E-state index is 7.24. The van der Waals surface area contributed by atoms with Gasteiger partial charge in [-0.1, -0.05) is 164 Å². The highest BCUT2D eigenvalue weighted by Crippen LogP contribution is 2.63. The number of para-hydroxylation sites is 2. The first kappa shape index (κ1) is 32.6. The molecule has 1 spiro atoms. The minimum atomic E-state index is -0.634. The van der Waals surface area contributed by atoms with Crippen LogP contribution in [0.1, 0.15) is 22.3 Å². The topological polar surface area (TPSA) is 25.6 Å². The number of furan rings is 1. The van der Waals surface area contributed by atoms with Crippen LogP contribution in [0.2, 0.25) is 0 Å². The number of fused-ring (bicyclic) bond motifs is 13. The van der Waals surface area contributed by atoms with E-state index in [-0.39, 0.29) is 0 Å². The average molecular weight is 742 g/mol. The normalized spacial score (nSPS) is 13.1. The molecule has 1 aliphatic carbocycles. The van der Waals surface area contributed by atoms with Crippen molar-refractivity contribution in [1.29, 1.82) is 0 Å². The molecule has 58 heavy (non-hydrogen) atoms. The van der Waals surface area contributed by atoms with E-state index in [2.05, 4.69) is 217 Å². The summed E-state index contributed by atoms with van der Waals surface area (Å²) in [5.41, 5.74) is 15.8. The molecule has 10 aromatic rings. The molecule has 0 saturated carbocycles. The first-order chi connectivity index (χ1) is 28.8. The fourth-order valence-electron chi connectivity index (χ4n) is 9.65. The van der Waals surface area contributed by atoms with Gasteiger partial charge in [0.2, 0.25) is 0 Å². The molecule has 3 heteroatoms. The highest BCUT2D eigenvalue weighted by atomic mass is 16.5. The van der Waals surface area contributed by atoms with E-state index in [0.717, 1.165) is 72.8 Å². The van der Waals surface area contributed by atoms with Crippen LogP contribution in [-0.2, 0) is 5.41 Å². The van der Waals surface area contributed by atoms with Crippen LogP contribution < -0.4 is 9.64 Å². The highest BCUT2D eigenvalue weighted by Gasteiger charge is 2.52. The fourth-order valence-corrected chi connectivity index (χ4v) is 9.65. The summed E-state index contributed by atoms with van der Waals surface area (Å²) in [5.74, 6) is 1.58. The summed E-state index contributed by atoms with van der Waals surface area (Å²) < 4.78 is 14.4. The Kier molecular flexibility index (Phi) is 7.14. The fraction of sp³-hybridized carbons (Fsp3) is 0.0182. The van der Waals surface area contributed by atoms with Crippen molar-refractivity contribution in [2.24, 2.45) is 0 Å². The largest absolute Gasteiger partial charge is 0.453 e. The van der Waals surface area contributed by atoms with Crippen LogP contribution in [0.5, 0.6) is 11.5 Å². The van der Waals surface area contributed by atoms with Gasteiger partial charge < -0.3 is 14.1 Å². The van der Waals surface area contributed by atoms with Crippen molar-refractivity contribution in [3.63, 3.8) is 0 Å². The monoisotopic (exact) mass is 741 g/mol. The number of rotatable bonds is 5. The first-order valence-electron chi connectivity index (χ1n) is 19.8. The van der Waals surface area contributed by atoms with Crippen LogP contribution in [0.4, 0.5) is 17.1 Å². The molecule has 0 radical (unpaired) electrons. The van der Waals surface area contributed by atoms with E-state index in [1.807, 2.05) is 0 Å². The summed E-state index contributed by atoms with van der Waals surface area (Å²) in [7, 11) is 0. The SMILES string of the molecule is c1ccc(-c2cccc(N(c3ccccc3)c3cccc4c3oc3c5c(ccc34)C3(c4cc(-c6ccccc6)ccc4O5)c4ccccc4-c4ccccc43)c2)cc1. The predicted molar refractivity (Wildman–Crippen MR) is 237 cm³/mol. The summed E-state index contributed by atoms with van der Waals surface area (Å²) in [6, 6.07) is 75.8. The molecule has 1 aromatic heterocycles. The summed E-state index contributed by atoms with van der Waals surface area (Å²) in [6.45, 7) is 0. The molecule has 0 saturated heterocycles. The Morgan fingerprint density at radius 2 is 0.931 bits per heavy atom. The molecule has 1 aliphatic heterocycles. The third kappa shape index (κ3) is 4.68. The molecular formula is C55H35NO2. The van der Waals surface area contributed by atoms with Crippen LogP contribution in [-0.4, -0.2) is 0 Å². The van der Waals surface area contributed by atoms with E-state index < -0.39 is 5.41 Å². The lowest BCUT2D eigenvalue weighted by atomic mass is 9.65. The molecule has 3 nitrogen and oxygen atoms in total. The summed E-state index contributed by atoms with van der Waals surface area (Å²) >= 11 is 0. The molecule has 0 amide bonds. The van der Waals surface area contributed by atoms with Gasteiger partial charge in [0.1, 0.15) is 5.75 Å². The van der Waals surface area contributed by atoms with E-state index in [4.69, 9.17) is 9.15 Å². The Morgan fingerprint density at radius 3 is 1.64 bits per heavy atom. The van der Waals surface area contributed by atoms with Gasteiger partial charge in [-0.2, -0.15) is 0 Å². The van der Waals surface area contributed by atoms with Gasteiger partial charge in [0.15, 0.2) is 16.9 Å². The smallest absolute Gasteiger partial charge is 0.178 e. The van der Waals surface area contributed by atoms with Crippen molar-refractivity contribution in [1.82, 2.24) is 0 Å². The minimum Gasteiger partial charge on any atom is -0.453 e. The van der Waals surface area contributed by atoms with Gasteiger partial charge in [0.25, 0.3) is 0 Å². The van der Waals surface area contributed by atoms with E-state index in [0.29, 0.717) is 0 Å². The maximum atomic E-state index is 7.24. The minimum absolute atomic E-state index is 0.634. The average Bonchev–Trinajstić information content (AvgIpc) is 3.83. The second-order valence-corrected chi connectivity index (χ2v) is 15.2. The van der Waals surface area contributed by atoms with Gasteiger partial charge in [0, 0.05) is 33.3 Å². The van der Waals surface area contributed by atoms with Gasteiger partial charge in [0.05, 0.1) is 11.1 Å². The molecule has 0 bridgehead atoms. The second kappa shape index (κ2) is 12.7. The van der Waals surface area contributed by atoms with Crippen molar-refractivity contribution >= 4 is 39.0 Å². The van der Waals surface area contributed by atoms with E-state index in [9.17, 15) is 0 Å². The van der Waals surface area contributed by atoms with Gasteiger partial charge in [-0.05, 0) is 93.0 Å². The third-order valence-corrected chi connectivity index (χ3v) is 12.1. The number of anilines is 3. The lowest BCUT2D eigenvalue weighted by Crippen LogP contribution is -2.32. The van der Waals surface area contributed by atoms with Crippen LogP contribution >= 0.6 is 0 Å². The molecule has 0 N–H and O–H groups in total. The molecule has 272 valence electrons. The van der Waals surface area contributed by atoms with Crippen LogP contribution in [0.3, 0.4) is 0 Å². The number of hydrogen-bond donors (Lipinski definition) is 0. The molecule has 9 aromatic carbocycles. The molecule has 0 atom stereocenters. The predicted octanol–water partition coefficient (Wildman–Crippen LogP) is 14.9. The molecule has 12 rings (SSSR count). The molecule has 0 unspecified atom stereocenters. The Hall–Kier alpha value is -7.62. The lowest BCUT2D eigenvalue weighted by Gasteiger charge is -2.39.